The molecule has 0 atom stereocenters. The predicted octanol–water partition coefficient (Wildman–Crippen LogP) is 3.41. The summed E-state index contributed by atoms with van der Waals surface area (Å²) in [5.74, 6) is 0.754. The Kier molecular flexibility index (Phi) is 6.76. The zero-order chi connectivity index (χ0) is 20.8. The Bertz CT molecular complexity index is 951. The van der Waals surface area contributed by atoms with Crippen molar-refractivity contribution in [2.75, 3.05) is 24.7 Å². The molecule has 1 aliphatic rings. The SMILES string of the molecule is CSc1ncc(CN2CCC(n3nccc3NC(=O)Cc3ccccc3)CC2)cn1. The van der Waals surface area contributed by atoms with Gasteiger partial charge in [0.15, 0.2) is 5.16 Å². The molecule has 3 aromatic rings. The van der Waals surface area contributed by atoms with Gasteiger partial charge in [0.25, 0.3) is 0 Å². The molecule has 3 heterocycles. The van der Waals surface area contributed by atoms with E-state index in [9.17, 15) is 4.79 Å². The number of carbonyl (C=O) groups is 1. The summed E-state index contributed by atoms with van der Waals surface area (Å²) in [5.41, 5.74) is 2.14. The van der Waals surface area contributed by atoms with Crippen LogP contribution in [0.2, 0.25) is 0 Å². The molecule has 1 N–H and O–H groups in total. The van der Waals surface area contributed by atoms with Gasteiger partial charge in [0.1, 0.15) is 5.82 Å². The third-order valence-corrected chi connectivity index (χ3v) is 5.89. The summed E-state index contributed by atoms with van der Waals surface area (Å²) >= 11 is 1.55. The van der Waals surface area contributed by atoms with Crippen molar-refractivity contribution in [2.45, 2.75) is 37.0 Å². The lowest BCUT2D eigenvalue weighted by atomic mass is 10.0. The van der Waals surface area contributed by atoms with E-state index in [1.807, 2.05) is 59.7 Å². The van der Waals surface area contributed by atoms with Crippen molar-refractivity contribution < 1.29 is 4.79 Å². The number of nitrogens with zero attached hydrogens (tertiary/aromatic N) is 5. The van der Waals surface area contributed by atoms with Crippen molar-refractivity contribution in [1.29, 1.82) is 0 Å². The van der Waals surface area contributed by atoms with Crippen LogP contribution in [-0.2, 0) is 17.8 Å². The number of carbonyl (C=O) groups excluding carboxylic acids is 1. The average molecular weight is 423 g/mol. The Balaban J connectivity index is 1.30. The Morgan fingerprint density at radius 3 is 2.53 bits per heavy atom. The first-order valence-electron chi connectivity index (χ1n) is 10.2. The summed E-state index contributed by atoms with van der Waals surface area (Å²) in [6.07, 6.45) is 9.92. The van der Waals surface area contributed by atoms with Crippen LogP contribution in [0.4, 0.5) is 5.82 Å². The van der Waals surface area contributed by atoms with Gasteiger partial charge in [-0.25, -0.2) is 14.6 Å². The molecular formula is C22H26N6OS. The molecule has 1 aliphatic heterocycles. The van der Waals surface area contributed by atoms with E-state index in [4.69, 9.17) is 0 Å². The smallest absolute Gasteiger partial charge is 0.229 e. The highest BCUT2D eigenvalue weighted by molar-refractivity contribution is 7.98. The number of thioether (sulfide) groups is 1. The van der Waals surface area contributed by atoms with E-state index >= 15 is 0 Å². The molecule has 1 saturated heterocycles. The number of likely N-dealkylation sites (tertiary alicyclic amines) is 1. The van der Waals surface area contributed by atoms with Crippen LogP contribution in [0.3, 0.4) is 0 Å². The summed E-state index contributed by atoms with van der Waals surface area (Å²) in [7, 11) is 0. The fraction of sp³-hybridized carbons (Fsp3) is 0.364. The first kappa shape index (κ1) is 20.6. The van der Waals surface area contributed by atoms with E-state index in [-0.39, 0.29) is 5.91 Å². The highest BCUT2D eigenvalue weighted by Crippen LogP contribution is 2.26. The van der Waals surface area contributed by atoms with Crippen molar-refractivity contribution in [1.82, 2.24) is 24.6 Å². The third-order valence-electron chi connectivity index (χ3n) is 5.32. The molecule has 0 saturated carbocycles. The van der Waals surface area contributed by atoms with Gasteiger partial charge in [0, 0.05) is 43.7 Å². The van der Waals surface area contributed by atoms with Crippen LogP contribution in [-0.4, -0.2) is 49.9 Å². The zero-order valence-corrected chi connectivity index (χ0v) is 17.9. The Morgan fingerprint density at radius 1 is 1.10 bits per heavy atom. The Labute approximate surface area is 180 Å². The molecule has 0 unspecified atom stereocenters. The number of piperidine rings is 1. The first-order chi connectivity index (χ1) is 14.7. The average Bonchev–Trinajstić information content (AvgIpc) is 3.23. The highest BCUT2D eigenvalue weighted by Gasteiger charge is 2.23. The third kappa shape index (κ3) is 5.25. The molecule has 0 aliphatic carbocycles. The van der Waals surface area contributed by atoms with Gasteiger partial charge in [0.05, 0.1) is 18.7 Å². The summed E-state index contributed by atoms with van der Waals surface area (Å²) < 4.78 is 1.97. The molecule has 0 bridgehead atoms. The van der Waals surface area contributed by atoms with E-state index in [2.05, 4.69) is 25.3 Å². The number of hydrogen-bond donors (Lipinski definition) is 1. The van der Waals surface area contributed by atoms with Gasteiger partial charge in [-0.2, -0.15) is 5.10 Å². The quantitative estimate of drug-likeness (QED) is 0.465. The molecule has 7 nitrogen and oxygen atoms in total. The Morgan fingerprint density at radius 2 is 1.83 bits per heavy atom. The van der Waals surface area contributed by atoms with Crippen LogP contribution in [0.15, 0.2) is 60.1 Å². The molecular weight excluding hydrogens is 396 g/mol. The minimum Gasteiger partial charge on any atom is -0.311 e. The van der Waals surface area contributed by atoms with Crippen molar-refractivity contribution in [2.24, 2.45) is 0 Å². The van der Waals surface area contributed by atoms with E-state index in [0.29, 0.717) is 12.5 Å². The maximum atomic E-state index is 12.4. The van der Waals surface area contributed by atoms with Gasteiger partial charge in [-0.1, -0.05) is 42.1 Å². The van der Waals surface area contributed by atoms with Gasteiger partial charge in [-0.15, -0.1) is 0 Å². The van der Waals surface area contributed by atoms with E-state index < -0.39 is 0 Å². The van der Waals surface area contributed by atoms with Crippen molar-refractivity contribution in [3.8, 4) is 0 Å². The summed E-state index contributed by atoms with van der Waals surface area (Å²) in [6.45, 7) is 2.82. The number of rotatable bonds is 7. The van der Waals surface area contributed by atoms with Crippen LogP contribution in [0.1, 0.15) is 30.0 Å². The number of anilines is 1. The fourth-order valence-electron chi connectivity index (χ4n) is 3.78. The molecule has 0 radical (unpaired) electrons. The standard InChI is InChI=1S/C22H26N6OS/c1-30-22-23-14-18(15-24-22)16-27-11-8-19(9-12-27)28-20(7-10-25-28)26-21(29)13-17-5-3-2-4-6-17/h2-7,10,14-15,19H,8-9,11-13,16H2,1H3,(H,26,29). The number of hydrogen-bond acceptors (Lipinski definition) is 6. The van der Waals surface area contributed by atoms with Gasteiger partial charge in [-0.05, 0) is 24.7 Å². The van der Waals surface area contributed by atoms with Gasteiger partial charge in [-0.3, -0.25) is 9.69 Å². The van der Waals surface area contributed by atoms with Gasteiger partial charge < -0.3 is 5.32 Å². The summed E-state index contributed by atoms with van der Waals surface area (Å²) in [6, 6.07) is 11.9. The van der Waals surface area contributed by atoms with Crippen LogP contribution in [0.25, 0.3) is 0 Å². The molecule has 8 heteroatoms. The first-order valence-corrected chi connectivity index (χ1v) is 11.4. The minimum absolute atomic E-state index is 0.0194. The lowest BCUT2D eigenvalue weighted by Crippen LogP contribution is -2.35. The molecule has 2 aromatic heterocycles. The molecule has 156 valence electrons. The zero-order valence-electron chi connectivity index (χ0n) is 17.1. The molecule has 0 spiro atoms. The van der Waals surface area contributed by atoms with E-state index in [0.717, 1.165) is 54.6 Å². The second kappa shape index (κ2) is 9.86. The van der Waals surface area contributed by atoms with Crippen LogP contribution in [0.5, 0.6) is 0 Å². The van der Waals surface area contributed by atoms with Crippen molar-refractivity contribution in [3.63, 3.8) is 0 Å². The van der Waals surface area contributed by atoms with Crippen LogP contribution >= 0.6 is 11.8 Å². The molecule has 1 amide bonds. The fourth-order valence-corrected chi connectivity index (χ4v) is 4.10. The minimum atomic E-state index is -0.0194. The van der Waals surface area contributed by atoms with Crippen molar-refractivity contribution >= 4 is 23.5 Å². The maximum Gasteiger partial charge on any atom is 0.229 e. The topological polar surface area (TPSA) is 75.9 Å². The Hall–Kier alpha value is -2.71. The van der Waals surface area contributed by atoms with Crippen LogP contribution in [0, 0.1) is 0 Å². The number of benzene rings is 1. The normalized spacial score (nSPS) is 15.2. The molecule has 4 rings (SSSR count). The molecule has 1 fully saturated rings. The lowest BCUT2D eigenvalue weighted by Gasteiger charge is -2.32. The lowest BCUT2D eigenvalue weighted by molar-refractivity contribution is -0.115. The molecule has 1 aromatic carbocycles. The van der Waals surface area contributed by atoms with E-state index in [1.165, 1.54) is 0 Å². The second-order valence-electron chi connectivity index (χ2n) is 7.46. The van der Waals surface area contributed by atoms with E-state index in [1.54, 1.807) is 18.0 Å². The summed E-state index contributed by atoms with van der Waals surface area (Å²) in [5, 5.41) is 8.32. The number of amides is 1. The predicted molar refractivity (Wildman–Crippen MR) is 118 cm³/mol. The number of nitrogens with one attached hydrogen (secondary N) is 1. The van der Waals surface area contributed by atoms with Gasteiger partial charge in [0.2, 0.25) is 5.91 Å². The van der Waals surface area contributed by atoms with Gasteiger partial charge >= 0.3 is 0 Å². The molecule has 30 heavy (non-hydrogen) atoms. The maximum absolute atomic E-state index is 12.4. The summed E-state index contributed by atoms with van der Waals surface area (Å²) in [4.78, 5) is 23.6. The number of aromatic nitrogens is 4. The van der Waals surface area contributed by atoms with Crippen molar-refractivity contribution in [3.05, 3.63) is 66.1 Å². The monoisotopic (exact) mass is 422 g/mol. The second-order valence-corrected chi connectivity index (χ2v) is 8.23. The highest BCUT2D eigenvalue weighted by atomic mass is 32.2. The largest absolute Gasteiger partial charge is 0.311 e. The van der Waals surface area contributed by atoms with Crippen LogP contribution < -0.4 is 5.32 Å².